The summed E-state index contributed by atoms with van der Waals surface area (Å²) in [6.45, 7) is 5.87. The molecule has 1 atom stereocenters. The Bertz CT molecular complexity index is 581. The molecule has 1 aliphatic rings. The van der Waals surface area contributed by atoms with Gasteiger partial charge in [0.05, 0.1) is 6.04 Å². The summed E-state index contributed by atoms with van der Waals surface area (Å²) < 4.78 is 5.14. The van der Waals surface area contributed by atoms with Crippen LogP contribution in [0.5, 0.6) is 0 Å². The molecule has 2 aromatic heterocycles. The molecule has 5 heteroatoms. The fraction of sp³-hybridized carbons (Fsp3) is 0.533. The number of likely N-dealkylation sites (tertiary alicyclic amines) is 1. The van der Waals surface area contributed by atoms with Crippen LogP contribution in [-0.2, 0) is 6.54 Å². The molecule has 1 aliphatic heterocycles. The molecule has 0 N–H and O–H groups in total. The van der Waals surface area contributed by atoms with Gasteiger partial charge in [-0.05, 0) is 44.0 Å². The van der Waals surface area contributed by atoms with Crippen LogP contribution in [0.4, 0.5) is 0 Å². The van der Waals surface area contributed by atoms with Crippen LogP contribution in [-0.4, -0.2) is 26.6 Å². The molecule has 0 aliphatic carbocycles. The van der Waals surface area contributed by atoms with E-state index in [1.54, 1.807) is 0 Å². The highest BCUT2D eigenvalue weighted by Crippen LogP contribution is 2.30. The zero-order valence-corrected chi connectivity index (χ0v) is 12.0. The van der Waals surface area contributed by atoms with Crippen molar-refractivity contribution in [2.45, 2.75) is 45.7 Å². The maximum Gasteiger partial charge on any atom is 0.223 e. The summed E-state index contributed by atoms with van der Waals surface area (Å²) in [7, 11) is 0. The SMILES string of the molecule is Cc1cc(CN2CCCC[C@H]2c2noc(C)n2)ccn1. The lowest BCUT2D eigenvalue weighted by Crippen LogP contribution is -2.33. The van der Waals surface area contributed by atoms with Crippen LogP contribution in [0.2, 0.25) is 0 Å². The quantitative estimate of drug-likeness (QED) is 0.860. The van der Waals surface area contributed by atoms with E-state index < -0.39 is 0 Å². The molecule has 3 heterocycles. The van der Waals surface area contributed by atoms with Crippen molar-refractivity contribution in [1.82, 2.24) is 20.0 Å². The Labute approximate surface area is 119 Å². The van der Waals surface area contributed by atoms with E-state index in [4.69, 9.17) is 4.52 Å². The van der Waals surface area contributed by atoms with Crippen LogP contribution in [0.1, 0.15) is 48.3 Å². The molecule has 2 aromatic rings. The van der Waals surface area contributed by atoms with E-state index in [-0.39, 0.29) is 6.04 Å². The highest BCUT2D eigenvalue weighted by atomic mass is 16.5. The zero-order valence-electron chi connectivity index (χ0n) is 12.0. The molecule has 0 aromatic carbocycles. The lowest BCUT2D eigenvalue weighted by atomic mass is 10.0. The molecule has 1 saturated heterocycles. The first-order valence-electron chi connectivity index (χ1n) is 7.18. The van der Waals surface area contributed by atoms with E-state index in [2.05, 4.69) is 32.2 Å². The van der Waals surface area contributed by atoms with Gasteiger partial charge >= 0.3 is 0 Å². The van der Waals surface area contributed by atoms with E-state index in [9.17, 15) is 0 Å². The van der Waals surface area contributed by atoms with Gasteiger partial charge in [-0.15, -0.1) is 0 Å². The first kappa shape index (κ1) is 13.2. The van der Waals surface area contributed by atoms with Crippen LogP contribution in [0.3, 0.4) is 0 Å². The molecule has 0 bridgehead atoms. The second kappa shape index (κ2) is 5.71. The second-order valence-corrected chi connectivity index (χ2v) is 5.46. The molecule has 0 saturated carbocycles. The Balaban J connectivity index is 1.79. The van der Waals surface area contributed by atoms with E-state index >= 15 is 0 Å². The van der Waals surface area contributed by atoms with Crippen molar-refractivity contribution in [2.75, 3.05) is 6.54 Å². The highest BCUT2D eigenvalue weighted by molar-refractivity contribution is 5.15. The summed E-state index contributed by atoms with van der Waals surface area (Å²) in [4.78, 5) is 11.1. The standard InChI is InChI=1S/C15H20N4O/c1-11-9-13(6-7-16-11)10-19-8-4-3-5-14(19)15-17-12(2)20-18-15/h6-7,9,14H,3-5,8,10H2,1-2H3/t14-/m0/s1. The van der Waals surface area contributed by atoms with Gasteiger partial charge in [0.15, 0.2) is 5.82 Å². The largest absolute Gasteiger partial charge is 0.340 e. The van der Waals surface area contributed by atoms with Gasteiger partial charge in [-0.25, -0.2) is 0 Å². The van der Waals surface area contributed by atoms with Crippen molar-refractivity contribution in [2.24, 2.45) is 0 Å². The minimum Gasteiger partial charge on any atom is -0.340 e. The maximum atomic E-state index is 5.14. The van der Waals surface area contributed by atoms with Crippen LogP contribution < -0.4 is 0 Å². The summed E-state index contributed by atoms with van der Waals surface area (Å²) in [5.41, 5.74) is 2.36. The summed E-state index contributed by atoms with van der Waals surface area (Å²) in [6.07, 6.45) is 5.44. The molecule has 5 nitrogen and oxygen atoms in total. The molecule has 0 spiro atoms. The van der Waals surface area contributed by atoms with Gasteiger partial charge in [-0.1, -0.05) is 11.6 Å². The molecule has 0 unspecified atom stereocenters. The summed E-state index contributed by atoms with van der Waals surface area (Å²) >= 11 is 0. The van der Waals surface area contributed by atoms with Crippen molar-refractivity contribution in [3.8, 4) is 0 Å². The molecule has 20 heavy (non-hydrogen) atoms. The number of aryl methyl sites for hydroxylation is 2. The van der Waals surface area contributed by atoms with Gasteiger partial charge < -0.3 is 4.52 Å². The van der Waals surface area contributed by atoms with Gasteiger partial charge in [-0.3, -0.25) is 9.88 Å². The topological polar surface area (TPSA) is 55.1 Å². The van der Waals surface area contributed by atoms with Crippen LogP contribution >= 0.6 is 0 Å². The normalized spacial score (nSPS) is 20.2. The van der Waals surface area contributed by atoms with Crippen LogP contribution in [0.25, 0.3) is 0 Å². The fourth-order valence-corrected chi connectivity index (χ4v) is 2.86. The predicted octanol–water partition coefficient (Wildman–Crippen LogP) is 2.81. The smallest absolute Gasteiger partial charge is 0.223 e. The Morgan fingerprint density at radius 3 is 3.00 bits per heavy atom. The van der Waals surface area contributed by atoms with Crippen molar-refractivity contribution >= 4 is 0 Å². The highest BCUT2D eigenvalue weighted by Gasteiger charge is 2.27. The fourth-order valence-electron chi connectivity index (χ4n) is 2.86. The minimum absolute atomic E-state index is 0.273. The number of piperidine rings is 1. The van der Waals surface area contributed by atoms with Gasteiger partial charge in [-0.2, -0.15) is 4.98 Å². The van der Waals surface area contributed by atoms with Crippen LogP contribution in [0.15, 0.2) is 22.9 Å². The second-order valence-electron chi connectivity index (χ2n) is 5.46. The van der Waals surface area contributed by atoms with Gasteiger partial charge in [0.25, 0.3) is 0 Å². The third kappa shape index (κ3) is 2.88. The zero-order chi connectivity index (χ0) is 13.9. The number of hydrogen-bond acceptors (Lipinski definition) is 5. The third-order valence-electron chi connectivity index (χ3n) is 3.80. The maximum absolute atomic E-state index is 5.14. The number of hydrogen-bond donors (Lipinski definition) is 0. The molecular formula is C15H20N4O. The monoisotopic (exact) mass is 272 g/mol. The third-order valence-corrected chi connectivity index (χ3v) is 3.80. The molecule has 0 radical (unpaired) electrons. The molecule has 0 amide bonds. The van der Waals surface area contributed by atoms with Gasteiger partial charge in [0.2, 0.25) is 5.89 Å². The Morgan fingerprint density at radius 2 is 2.25 bits per heavy atom. The summed E-state index contributed by atoms with van der Waals surface area (Å²) in [5.74, 6) is 1.47. The predicted molar refractivity (Wildman–Crippen MR) is 75.0 cm³/mol. The number of aromatic nitrogens is 3. The number of rotatable bonds is 3. The van der Waals surface area contributed by atoms with Crippen molar-refractivity contribution < 1.29 is 4.52 Å². The lowest BCUT2D eigenvalue weighted by Gasteiger charge is -2.33. The van der Waals surface area contributed by atoms with Crippen molar-refractivity contribution in [1.29, 1.82) is 0 Å². The van der Waals surface area contributed by atoms with E-state index in [1.807, 2.05) is 20.0 Å². The Morgan fingerprint density at radius 1 is 1.35 bits per heavy atom. The number of pyridine rings is 1. The van der Waals surface area contributed by atoms with Crippen molar-refractivity contribution in [3.63, 3.8) is 0 Å². The average Bonchev–Trinajstić information content (AvgIpc) is 2.86. The molecule has 1 fully saturated rings. The summed E-state index contributed by atoms with van der Waals surface area (Å²) in [6, 6.07) is 4.50. The van der Waals surface area contributed by atoms with E-state index in [1.165, 1.54) is 18.4 Å². The van der Waals surface area contributed by atoms with Crippen molar-refractivity contribution in [3.05, 3.63) is 41.3 Å². The van der Waals surface area contributed by atoms with Crippen LogP contribution in [0, 0.1) is 13.8 Å². The van der Waals surface area contributed by atoms with E-state index in [0.29, 0.717) is 5.89 Å². The van der Waals surface area contributed by atoms with Gasteiger partial charge in [0, 0.05) is 25.4 Å². The Hall–Kier alpha value is -1.75. The first-order chi connectivity index (χ1) is 9.72. The van der Waals surface area contributed by atoms with E-state index in [0.717, 1.165) is 31.0 Å². The molecule has 106 valence electrons. The minimum atomic E-state index is 0.273. The Kier molecular flexibility index (Phi) is 3.78. The summed E-state index contributed by atoms with van der Waals surface area (Å²) in [5, 5.41) is 4.11. The first-order valence-corrected chi connectivity index (χ1v) is 7.18. The number of nitrogens with zero attached hydrogens (tertiary/aromatic N) is 4. The molecular weight excluding hydrogens is 252 g/mol. The lowest BCUT2D eigenvalue weighted by molar-refractivity contribution is 0.131. The average molecular weight is 272 g/mol. The molecule has 3 rings (SSSR count). The van der Waals surface area contributed by atoms with Gasteiger partial charge in [0.1, 0.15) is 0 Å².